The summed E-state index contributed by atoms with van der Waals surface area (Å²) in [4.78, 5) is 4.17. The van der Waals surface area contributed by atoms with Gasteiger partial charge < -0.3 is 9.84 Å². The highest BCUT2D eigenvalue weighted by Gasteiger charge is 2.09. The molecule has 18 heavy (non-hydrogen) atoms. The largest absolute Gasteiger partial charge is 0.338 e. The van der Waals surface area contributed by atoms with Crippen LogP contribution in [-0.2, 0) is 6.54 Å². The highest BCUT2D eigenvalue weighted by Crippen LogP contribution is 2.22. The van der Waals surface area contributed by atoms with Gasteiger partial charge in [0.2, 0.25) is 11.7 Å². The Morgan fingerprint density at radius 1 is 1.44 bits per heavy atom. The van der Waals surface area contributed by atoms with Gasteiger partial charge in [0, 0.05) is 16.6 Å². The van der Waals surface area contributed by atoms with Crippen LogP contribution in [-0.4, -0.2) is 16.7 Å². The molecule has 0 unspecified atom stereocenters. The van der Waals surface area contributed by atoms with Crippen molar-refractivity contribution < 1.29 is 8.91 Å². The molecule has 0 fully saturated rings. The average Bonchev–Trinajstić information content (AvgIpc) is 2.77. The number of nitrogens with one attached hydrogen (secondary N) is 1. The highest BCUT2D eigenvalue weighted by molar-refractivity contribution is 9.10. The maximum Gasteiger partial charge on any atom is 0.240 e. The first kappa shape index (κ1) is 12.9. The lowest BCUT2D eigenvalue weighted by atomic mass is 10.2. The van der Waals surface area contributed by atoms with E-state index in [1.807, 2.05) is 0 Å². The molecule has 0 aliphatic rings. The van der Waals surface area contributed by atoms with Crippen molar-refractivity contribution in [2.24, 2.45) is 0 Å². The minimum atomic E-state index is -0.351. The summed E-state index contributed by atoms with van der Waals surface area (Å²) in [5, 5.41) is 6.85. The molecular formula is C12H11BrFN3O. The molecule has 2 aromatic rings. The summed E-state index contributed by atoms with van der Waals surface area (Å²) in [5.41, 5.74) is 0.570. The number of rotatable bonds is 5. The predicted octanol–water partition coefficient (Wildman–Crippen LogP) is 2.91. The number of aromatic nitrogens is 2. The van der Waals surface area contributed by atoms with E-state index in [0.29, 0.717) is 34.8 Å². The van der Waals surface area contributed by atoms with Gasteiger partial charge in [-0.05, 0) is 18.2 Å². The van der Waals surface area contributed by atoms with Crippen LogP contribution in [0.25, 0.3) is 11.4 Å². The molecule has 0 saturated heterocycles. The second-order valence-corrected chi connectivity index (χ2v) is 4.51. The van der Waals surface area contributed by atoms with Crippen molar-refractivity contribution in [2.45, 2.75) is 6.54 Å². The molecule has 0 saturated carbocycles. The number of benzene rings is 1. The topological polar surface area (TPSA) is 51.0 Å². The van der Waals surface area contributed by atoms with Crippen LogP contribution < -0.4 is 5.32 Å². The molecule has 0 radical (unpaired) electrons. The molecule has 0 spiro atoms. The lowest BCUT2D eigenvalue weighted by Gasteiger charge is -1.96. The van der Waals surface area contributed by atoms with E-state index in [1.165, 1.54) is 12.1 Å². The number of nitrogens with zero attached hydrogens (tertiary/aromatic N) is 2. The minimum absolute atomic E-state index is 0.351. The van der Waals surface area contributed by atoms with Gasteiger partial charge in [-0.1, -0.05) is 27.2 Å². The Kier molecular flexibility index (Phi) is 4.22. The van der Waals surface area contributed by atoms with Gasteiger partial charge in [0.05, 0.1) is 6.54 Å². The average molecular weight is 312 g/mol. The Hall–Kier alpha value is -1.53. The van der Waals surface area contributed by atoms with E-state index in [9.17, 15) is 4.39 Å². The number of hydrogen-bond acceptors (Lipinski definition) is 4. The molecule has 0 aliphatic heterocycles. The Balaban J connectivity index is 2.15. The molecule has 2 rings (SSSR count). The van der Waals surface area contributed by atoms with Crippen LogP contribution in [0.3, 0.4) is 0 Å². The smallest absolute Gasteiger partial charge is 0.240 e. The minimum Gasteiger partial charge on any atom is -0.338 e. The van der Waals surface area contributed by atoms with Crippen molar-refractivity contribution >= 4 is 15.9 Å². The van der Waals surface area contributed by atoms with Gasteiger partial charge in [-0.3, -0.25) is 0 Å². The molecule has 0 bridgehead atoms. The van der Waals surface area contributed by atoms with E-state index >= 15 is 0 Å². The van der Waals surface area contributed by atoms with Gasteiger partial charge in [-0.15, -0.1) is 6.58 Å². The molecule has 1 N–H and O–H groups in total. The first-order valence-electron chi connectivity index (χ1n) is 5.29. The molecule has 4 nitrogen and oxygen atoms in total. The van der Waals surface area contributed by atoms with Gasteiger partial charge in [0.1, 0.15) is 5.82 Å². The Bertz CT molecular complexity index is 536. The van der Waals surface area contributed by atoms with Gasteiger partial charge in [-0.25, -0.2) is 4.39 Å². The van der Waals surface area contributed by atoms with E-state index in [2.05, 4.69) is 38.0 Å². The van der Waals surface area contributed by atoms with Gasteiger partial charge in [0.15, 0.2) is 0 Å². The van der Waals surface area contributed by atoms with Gasteiger partial charge in [0.25, 0.3) is 0 Å². The second kappa shape index (κ2) is 5.88. The second-order valence-electron chi connectivity index (χ2n) is 3.59. The van der Waals surface area contributed by atoms with Crippen LogP contribution in [0.4, 0.5) is 4.39 Å². The van der Waals surface area contributed by atoms with E-state index in [0.717, 1.165) is 0 Å². The van der Waals surface area contributed by atoms with Crippen molar-refractivity contribution in [3.63, 3.8) is 0 Å². The summed E-state index contributed by atoms with van der Waals surface area (Å²) in [6.07, 6.45) is 1.74. The first-order chi connectivity index (χ1) is 8.69. The third-order valence-electron chi connectivity index (χ3n) is 2.15. The van der Waals surface area contributed by atoms with E-state index < -0.39 is 0 Å². The summed E-state index contributed by atoms with van der Waals surface area (Å²) < 4.78 is 18.9. The molecule has 0 aliphatic carbocycles. The van der Waals surface area contributed by atoms with Crippen LogP contribution in [0.15, 0.2) is 39.8 Å². The lowest BCUT2D eigenvalue weighted by Crippen LogP contribution is -2.12. The molecule has 1 aromatic heterocycles. The standard InChI is InChI=1S/C12H11BrFN3O/c1-2-3-15-7-11-16-12(17-18-11)8-4-9(13)6-10(14)5-8/h2,4-6,15H,1,3,7H2. The number of hydrogen-bond donors (Lipinski definition) is 1. The third-order valence-corrected chi connectivity index (χ3v) is 2.61. The SMILES string of the molecule is C=CCNCc1nc(-c2cc(F)cc(Br)c2)no1. The van der Waals surface area contributed by atoms with Crippen molar-refractivity contribution in [3.05, 3.63) is 47.0 Å². The normalized spacial score (nSPS) is 10.6. The van der Waals surface area contributed by atoms with Crippen LogP contribution in [0.2, 0.25) is 0 Å². The summed E-state index contributed by atoms with van der Waals surface area (Å²) in [6.45, 7) is 4.70. The summed E-state index contributed by atoms with van der Waals surface area (Å²) in [5.74, 6) is 0.466. The maximum atomic E-state index is 13.2. The fourth-order valence-electron chi connectivity index (χ4n) is 1.41. The zero-order valence-corrected chi connectivity index (χ0v) is 11.1. The van der Waals surface area contributed by atoms with Crippen molar-refractivity contribution in [3.8, 4) is 11.4 Å². The summed E-state index contributed by atoms with van der Waals surface area (Å²) >= 11 is 3.22. The van der Waals surface area contributed by atoms with Crippen LogP contribution in [0.5, 0.6) is 0 Å². The van der Waals surface area contributed by atoms with E-state index in [1.54, 1.807) is 12.1 Å². The molecule has 0 amide bonds. The monoisotopic (exact) mass is 311 g/mol. The van der Waals surface area contributed by atoms with Crippen molar-refractivity contribution in [1.82, 2.24) is 15.5 Å². The summed E-state index contributed by atoms with van der Waals surface area (Å²) in [6, 6.07) is 4.46. The molecule has 1 heterocycles. The fourth-order valence-corrected chi connectivity index (χ4v) is 1.87. The Morgan fingerprint density at radius 3 is 3.00 bits per heavy atom. The summed E-state index contributed by atoms with van der Waals surface area (Å²) in [7, 11) is 0. The molecule has 0 atom stereocenters. The van der Waals surface area contributed by atoms with Crippen molar-refractivity contribution in [1.29, 1.82) is 0 Å². The van der Waals surface area contributed by atoms with E-state index in [-0.39, 0.29) is 5.82 Å². The zero-order valence-electron chi connectivity index (χ0n) is 9.49. The molecule has 6 heteroatoms. The quantitative estimate of drug-likeness (QED) is 0.681. The molecule has 1 aromatic carbocycles. The van der Waals surface area contributed by atoms with Crippen LogP contribution in [0, 0.1) is 5.82 Å². The Labute approximate surface area is 112 Å². The number of halogens is 2. The molecule has 94 valence electrons. The van der Waals surface area contributed by atoms with Crippen LogP contribution >= 0.6 is 15.9 Å². The fraction of sp³-hybridized carbons (Fsp3) is 0.167. The maximum absolute atomic E-state index is 13.2. The third kappa shape index (κ3) is 3.24. The molecular weight excluding hydrogens is 301 g/mol. The van der Waals surface area contributed by atoms with E-state index in [4.69, 9.17) is 4.52 Å². The van der Waals surface area contributed by atoms with Crippen molar-refractivity contribution in [2.75, 3.05) is 6.54 Å². The Morgan fingerprint density at radius 2 is 2.28 bits per heavy atom. The van der Waals surface area contributed by atoms with Crippen LogP contribution in [0.1, 0.15) is 5.89 Å². The van der Waals surface area contributed by atoms with Gasteiger partial charge in [-0.2, -0.15) is 4.98 Å². The zero-order chi connectivity index (χ0) is 13.0. The lowest BCUT2D eigenvalue weighted by molar-refractivity contribution is 0.370. The predicted molar refractivity (Wildman–Crippen MR) is 69.3 cm³/mol. The van der Waals surface area contributed by atoms with Gasteiger partial charge >= 0.3 is 0 Å². The first-order valence-corrected chi connectivity index (χ1v) is 6.09. The highest BCUT2D eigenvalue weighted by atomic mass is 79.9.